The van der Waals surface area contributed by atoms with Gasteiger partial charge in [-0.25, -0.2) is 4.98 Å². The molecule has 0 aromatic carbocycles. The molecule has 2 saturated heterocycles. The summed E-state index contributed by atoms with van der Waals surface area (Å²) in [7, 11) is 0. The number of rotatable bonds is 7. The Morgan fingerprint density at radius 2 is 1.87 bits per heavy atom. The van der Waals surface area contributed by atoms with E-state index in [1.807, 2.05) is 6.07 Å². The van der Waals surface area contributed by atoms with Crippen LogP contribution in [0.2, 0.25) is 0 Å². The van der Waals surface area contributed by atoms with Crippen LogP contribution in [0.5, 0.6) is 0 Å². The fourth-order valence-electron chi connectivity index (χ4n) is 7.96. The topological polar surface area (TPSA) is 101 Å². The van der Waals surface area contributed by atoms with E-state index in [2.05, 4.69) is 46.9 Å². The van der Waals surface area contributed by atoms with Gasteiger partial charge in [0.05, 0.1) is 11.2 Å². The molecule has 1 aromatic heterocycles. The number of amides is 1. The van der Waals surface area contributed by atoms with E-state index >= 15 is 0 Å². The van der Waals surface area contributed by atoms with Gasteiger partial charge >= 0.3 is 0 Å². The molecule has 39 heavy (non-hydrogen) atoms. The summed E-state index contributed by atoms with van der Waals surface area (Å²) < 4.78 is 5.60. The third-order valence-corrected chi connectivity index (χ3v) is 10.9. The van der Waals surface area contributed by atoms with Crippen molar-refractivity contribution in [2.45, 2.75) is 88.3 Å². The van der Waals surface area contributed by atoms with Crippen molar-refractivity contribution in [3.8, 4) is 0 Å². The minimum Gasteiger partial charge on any atom is -0.390 e. The number of hydrogen-bond acceptors (Lipinski definition) is 6. The molecule has 2 aliphatic heterocycles. The standard InChI is InChI=1S/C32H44N4O3/c1-3-24(32-9-6-25(32)20-36(21-32)26-7-16-39-17-8-26)5-4-22(2)23-18-27(28(33)34-19-23)29(37)35-30-10-13-31(38,14-11-30)15-12-30/h3-5,18-19,25-26,38H,1,6-17,20-21H2,2H3,(H2,33,34)(H,35,37)/b22-4+,24-5+/t25-,30?,31?,32+/m1/s1. The van der Waals surface area contributed by atoms with Crippen LogP contribution in [0.4, 0.5) is 5.82 Å². The van der Waals surface area contributed by atoms with E-state index in [9.17, 15) is 9.90 Å². The van der Waals surface area contributed by atoms with Crippen molar-refractivity contribution in [1.29, 1.82) is 0 Å². The van der Waals surface area contributed by atoms with E-state index < -0.39 is 5.60 Å². The number of ether oxygens (including phenoxy) is 1. The van der Waals surface area contributed by atoms with Gasteiger partial charge in [-0.15, -0.1) is 0 Å². The highest BCUT2D eigenvalue weighted by Crippen LogP contribution is 2.57. The number of anilines is 1. The zero-order valence-corrected chi connectivity index (χ0v) is 23.4. The quantitative estimate of drug-likeness (QED) is 0.443. The molecule has 6 aliphatic rings. The minimum atomic E-state index is -0.534. The van der Waals surface area contributed by atoms with Crippen LogP contribution in [-0.2, 0) is 4.74 Å². The predicted molar refractivity (Wildman–Crippen MR) is 154 cm³/mol. The smallest absolute Gasteiger partial charge is 0.255 e. The van der Waals surface area contributed by atoms with Crippen LogP contribution in [0.1, 0.15) is 87.1 Å². The normalized spacial score (nSPS) is 35.4. The summed E-state index contributed by atoms with van der Waals surface area (Å²) in [6.45, 7) is 10.3. The largest absolute Gasteiger partial charge is 0.390 e. The lowest BCUT2D eigenvalue weighted by Crippen LogP contribution is -2.58. The van der Waals surface area contributed by atoms with Crippen molar-refractivity contribution in [1.82, 2.24) is 15.2 Å². The highest BCUT2D eigenvalue weighted by atomic mass is 16.5. The highest BCUT2D eigenvalue weighted by molar-refractivity contribution is 5.99. The molecule has 0 radical (unpaired) electrons. The third-order valence-electron chi connectivity index (χ3n) is 10.9. The van der Waals surface area contributed by atoms with Gasteiger partial charge in [0.15, 0.2) is 0 Å². The number of hydrogen-bond donors (Lipinski definition) is 3. The van der Waals surface area contributed by atoms with Crippen molar-refractivity contribution in [2.75, 3.05) is 32.0 Å². The molecule has 7 nitrogen and oxygen atoms in total. The van der Waals surface area contributed by atoms with Gasteiger partial charge < -0.3 is 20.9 Å². The fourth-order valence-corrected chi connectivity index (χ4v) is 7.96. The summed E-state index contributed by atoms with van der Waals surface area (Å²) in [6.07, 6.45) is 17.6. The van der Waals surface area contributed by atoms with Gasteiger partial charge in [0.2, 0.25) is 0 Å². The summed E-state index contributed by atoms with van der Waals surface area (Å²) in [5.74, 6) is 0.780. The lowest BCUT2D eigenvalue weighted by atomic mass is 9.58. The van der Waals surface area contributed by atoms with E-state index in [0.29, 0.717) is 17.5 Å². The number of aliphatic hydroxyl groups is 1. The number of fused-ring (bicyclic) bond motifs is 4. The van der Waals surface area contributed by atoms with E-state index in [0.717, 1.165) is 82.3 Å². The van der Waals surface area contributed by atoms with E-state index in [1.165, 1.54) is 25.0 Å². The second-order valence-electron chi connectivity index (χ2n) is 13.0. The fraction of sp³-hybridized carbons (Fsp3) is 0.625. The molecule has 0 spiro atoms. The molecule has 210 valence electrons. The third kappa shape index (κ3) is 4.87. The molecule has 1 aromatic rings. The number of aromatic nitrogens is 1. The van der Waals surface area contributed by atoms with Crippen LogP contribution in [0.15, 0.2) is 42.6 Å². The Bertz CT molecular complexity index is 1180. The number of nitrogen functional groups attached to an aromatic ring is 1. The first kappa shape index (κ1) is 26.7. The second-order valence-corrected chi connectivity index (χ2v) is 13.0. The molecule has 4 saturated carbocycles. The predicted octanol–water partition coefficient (Wildman–Crippen LogP) is 4.64. The van der Waals surface area contributed by atoms with Gasteiger partial charge in [0.1, 0.15) is 5.82 Å². The zero-order chi connectivity index (χ0) is 27.3. The Balaban J connectivity index is 1.18. The van der Waals surface area contributed by atoms with E-state index in [4.69, 9.17) is 10.5 Å². The molecular formula is C32H44N4O3. The van der Waals surface area contributed by atoms with Crippen LogP contribution in [0.25, 0.3) is 5.57 Å². The number of carbonyl (C=O) groups excluding carboxylic acids is 1. The Morgan fingerprint density at radius 3 is 2.51 bits per heavy atom. The Hall–Kier alpha value is -2.48. The van der Waals surface area contributed by atoms with Crippen LogP contribution in [0, 0.1) is 11.3 Å². The molecule has 2 atom stereocenters. The van der Waals surface area contributed by atoms with Gasteiger partial charge in [0, 0.05) is 49.5 Å². The first-order valence-electron chi connectivity index (χ1n) is 14.9. The van der Waals surface area contributed by atoms with Gasteiger partial charge in [-0.05, 0) is 99.8 Å². The van der Waals surface area contributed by atoms with Crippen molar-refractivity contribution < 1.29 is 14.6 Å². The van der Waals surface area contributed by atoms with Crippen molar-refractivity contribution in [3.63, 3.8) is 0 Å². The molecule has 4 aliphatic carbocycles. The average Bonchev–Trinajstić information content (AvgIpc) is 3.21. The SMILES string of the molecule is C=C/C(=C\C=C(/C)c1cnc(N)c(C(=O)NC23CCC(O)(CC2)CC3)c1)[C@@]12CC[C@@H]1CN(C1CCOCC1)C2. The summed E-state index contributed by atoms with van der Waals surface area (Å²) in [6, 6.07) is 2.51. The lowest BCUT2D eigenvalue weighted by molar-refractivity contribution is -0.0702. The molecule has 6 fully saturated rings. The Kier molecular flexibility index (Phi) is 6.97. The van der Waals surface area contributed by atoms with E-state index in [1.54, 1.807) is 6.20 Å². The maximum absolute atomic E-state index is 13.4. The maximum Gasteiger partial charge on any atom is 0.255 e. The Labute approximate surface area is 232 Å². The van der Waals surface area contributed by atoms with Gasteiger partial charge in [-0.3, -0.25) is 9.69 Å². The zero-order valence-electron chi connectivity index (χ0n) is 23.4. The first-order chi connectivity index (χ1) is 18.7. The number of carbonyl (C=O) groups is 1. The molecule has 7 rings (SSSR count). The van der Waals surface area contributed by atoms with Gasteiger partial charge in [-0.2, -0.15) is 0 Å². The van der Waals surface area contributed by atoms with Gasteiger partial charge in [0.25, 0.3) is 5.91 Å². The number of pyridine rings is 1. The summed E-state index contributed by atoms with van der Waals surface area (Å²) in [5.41, 5.74) is 9.29. The summed E-state index contributed by atoms with van der Waals surface area (Å²) in [5, 5.41) is 13.8. The average molecular weight is 533 g/mol. The van der Waals surface area contributed by atoms with Crippen LogP contribution < -0.4 is 11.1 Å². The minimum absolute atomic E-state index is 0.167. The summed E-state index contributed by atoms with van der Waals surface area (Å²) in [4.78, 5) is 20.4. The van der Waals surface area contributed by atoms with Crippen molar-refractivity contribution in [2.24, 2.45) is 11.3 Å². The monoisotopic (exact) mass is 532 g/mol. The number of allylic oxidation sites excluding steroid dienone is 4. The number of nitrogens with one attached hydrogen (secondary N) is 1. The number of nitrogens with zero attached hydrogens (tertiary/aromatic N) is 2. The van der Waals surface area contributed by atoms with Crippen molar-refractivity contribution in [3.05, 3.63) is 53.8 Å². The molecule has 0 unspecified atom stereocenters. The summed E-state index contributed by atoms with van der Waals surface area (Å²) >= 11 is 0. The second kappa shape index (κ2) is 10.2. The molecular weight excluding hydrogens is 488 g/mol. The van der Waals surface area contributed by atoms with Crippen molar-refractivity contribution >= 4 is 17.3 Å². The Morgan fingerprint density at radius 1 is 1.15 bits per heavy atom. The highest BCUT2D eigenvalue weighted by Gasteiger charge is 2.55. The maximum atomic E-state index is 13.4. The molecule has 1 amide bonds. The lowest BCUT2D eigenvalue weighted by Gasteiger charge is -2.51. The number of nitrogens with two attached hydrogens (primary N) is 1. The van der Waals surface area contributed by atoms with E-state index in [-0.39, 0.29) is 22.7 Å². The van der Waals surface area contributed by atoms with Crippen LogP contribution in [-0.4, -0.2) is 64.4 Å². The number of likely N-dealkylation sites (tertiary alicyclic amines) is 1. The molecule has 4 N–H and O–H groups in total. The first-order valence-corrected chi connectivity index (χ1v) is 14.9. The van der Waals surface area contributed by atoms with Gasteiger partial charge in [-0.1, -0.05) is 24.8 Å². The molecule has 3 heterocycles. The molecule has 2 bridgehead atoms. The van der Waals surface area contributed by atoms with Crippen LogP contribution >= 0.6 is 0 Å². The molecule has 7 heteroatoms. The van der Waals surface area contributed by atoms with Crippen LogP contribution in [0.3, 0.4) is 0 Å².